The monoisotopic (exact) mass is 384 g/mol. The highest BCUT2D eigenvalue weighted by atomic mass is 32.2. The lowest BCUT2D eigenvalue weighted by atomic mass is 10.1. The Kier molecular flexibility index (Phi) is 5.23. The lowest BCUT2D eigenvalue weighted by molar-refractivity contribution is -0.128. The third kappa shape index (κ3) is 3.55. The highest BCUT2D eigenvalue weighted by molar-refractivity contribution is 8.02. The molecule has 1 unspecified atom stereocenters. The molecular weight excluding hydrogens is 364 g/mol. The summed E-state index contributed by atoms with van der Waals surface area (Å²) in [4.78, 5) is 39.8. The van der Waals surface area contributed by atoms with Gasteiger partial charge in [-0.2, -0.15) is 0 Å². The first-order valence-corrected chi connectivity index (χ1v) is 9.33. The minimum absolute atomic E-state index is 0.285. The highest BCUT2D eigenvalue weighted by Crippen LogP contribution is 2.45. The van der Waals surface area contributed by atoms with E-state index < -0.39 is 16.6 Å². The summed E-state index contributed by atoms with van der Waals surface area (Å²) in [7, 11) is 1.67. The molecular formula is C20H20N2O4S. The minimum atomic E-state index is -1.29. The molecule has 7 heteroatoms. The zero-order valence-corrected chi connectivity index (χ0v) is 16.1. The molecule has 0 aliphatic carbocycles. The molecule has 140 valence electrons. The van der Waals surface area contributed by atoms with Crippen LogP contribution in [0, 0.1) is 0 Å². The maximum atomic E-state index is 12.9. The molecule has 3 rings (SSSR count). The summed E-state index contributed by atoms with van der Waals surface area (Å²) in [5, 5.41) is 2.77. The number of carbonyl (C=O) groups excluding carboxylic acids is 3. The zero-order valence-electron chi connectivity index (χ0n) is 15.3. The van der Waals surface area contributed by atoms with Crippen molar-refractivity contribution in [3.8, 4) is 0 Å². The standard InChI is InChI=1S/C20H20N2O4S/c1-4-26-17(23)13-9-11-14(12-10-13)21-18(24)20(2)19(25)22(3)15-7-5-6-8-16(15)27-20/h5-12H,4H2,1-3H3,(H,21,24). The van der Waals surface area contributed by atoms with E-state index >= 15 is 0 Å². The first-order valence-electron chi connectivity index (χ1n) is 8.51. The van der Waals surface area contributed by atoms with E-state index in [1.807, 2.05) is 24.3 Å². The molecule has 6 nitrogen and oxygen atoms in total. The van der Waals surface area contributed by atoms with E-state index in [1.165, 1.54) is 16.7 Å². The van der Waals surface area contributed by atoms with Gasteiger partial charge in [-0.05, 0) is 50.2 Å². The van der Waals surface area contributed by atoms with Crippen molar-refractivity contribution in [3.63, 3.8) is 0 Å². The fraction of sp³-hybridized carbons (Fsp3) is 0.250. The van der Waals surface area contributed by atoms with Gasteiger partial charge in [-0.15, -0.1) is 0 Å². The fourth-order valence-corrected chi connectivity index (χ4v) is 4.08. The third-order valence-electron chi connectivity index (χ3n) is 4.34. The van der Waals surface area contributed by atoms with Gasteiger partial charge in [0.15, 0.2) is 4.75 Å². The van der Waals surface area contributed by atoms with Crippen LogP contribution in [0.5, 0.6) is 0 Å². The minimum Gasteiger partial charge on any atom is -0.462 e. The molecule has 27 heavy (non-hydrogen) atoms. The number of nitrogens with one attached hydrogen (secondary N) is 1. The van der Waals surface area contributed by atoms with Gasteiger partial charge in [0.2, 0.25) is 5.91 Å². The second-order valence-electron chi connectivity index (χ2n) is 6.22. The van der Waals surface area contributed by atoms with Gasteiger partial charge in [0.25, 0.3) is 5.91 Å². The van der Waals surface area contributed by atoms with Crippen molar-refractivity contribution in [2.75, 3.05) is 23.9 Å². The summed E-state index contributed by atoms with van der Waals surface area (Å²) in [6.07, 6.45) is 0. The molecule has 0 saturated carbocycles. The molecule has 0 aromatic heterocycles. The summed E-state index contributed by atoms with van der Waals surface area (Å²) in [6, 6.07) is 13.9. The van der Waals surface area contributed by atoms with E-state index in [9.17, 15) is 14.4 Å². The van der Waals surface area contributed by atoms with Gasteiger partial charge in [0.1, 0.15) is 0 Å². The lowest BCUT2D eigenvalue weighted by Gasteiger charge is -2.36. The molecule has 1 aliphatic heterocycles. The van der Waals surface area contributed by atoms with E-state index in [1.54, 1.807) is 45.2 Å². The zero-order chi connectivity index (χ0) is 19.6. The van der Waals surface area contributed by atoms with Crippen LogP contribution in [0.1, 0.15) is 24.2 Å². The van der Waals surface area contributed by atoms with E-state index in [0.717, 1.165) is 10.6 Å². The molecule has 2 amide bonds. The summed E-state index contributed by atoms with van der Waals surface area (Å²) in [5.74, 6) is -1.12. The number of ether oxygens (including phenoxy) is 1. The number of esters is 1. The van der Waals surface area contributed by atoms with Gasteiger partial charge < -0.3 is 15.0 Å². The van der Waals surface area contributed by atoms with Gasteiger partial charge in [0, 0.05) is 17.6 Å². The average molecular weight is 384 g/mol. The number of amides is 2. The third-order valence-corrected chi connectivity index (χ3v) is 5.67. The molecule has 1 atom stereocenters. The molecule has 0 radical (unpaired) electrons. The van der Waals surface area contributed by atoms with Gasteiger partial charge in [-0.3, -0.25) is 9.59 Å². The van der Waals surface area contributed by atoms with E-state index in [0.29, 0.717) is 17.9 Å². The van der Waals surface area contributed by atoms with Crippen LogP contribution >= 0.6 is 11.8 Å². The largest absolute Gasteiger partial charge is 0.462 e. The van der Waals surface area contributed by atoms with Crippen LogP contribution in [0.15, 0.2) is 53.4 Å². The Balaban J connectivity index is 1.79. The summed E-state index contributed by atoms with van der Waals surface area (Å²) >= 11 is 1.24. The van der Waals surface area contributed by atoms with Crippen molar-refractivity contribution in [2.45, 2.75) is 23.5 Å². The number of hydrogen-bond donors (Lipinski definition) is 1. The van der Waals surface area contributed by atoms with Crippen molar-refractivity contribution in [1.82, 2.24) is 0 Å². The van der Waals surface area contributed by atoms with Gasteiger partial charge in [0.05, 0.1) is 17.9 Å². The van der Waals surface area contributed by atoms with Crippen LogP contribution in [0.4, 0.5) is 11.4 Å². The first kappa shape index (κ1) is 19.0. The number of para-hydroxylation sites is 1. The summed E-state index contributed by atoms with van der Waals surface area (Å²) in [5.41, 5.74) is 1.69. The highest BCUT2D eigenvalue weighted by Gasteiger charge is 2.48. The number of thioether (sulfide) groups is 1. The Morgan fingerprint density at radius 3 is 2.48 bits per heavy atom. The quantitative estimate of drug-likeness (QED) is 0.646. The molecule has 1 N–H and O–H groups in total. The van der Waals surface area contributed by atoms with E-state index in [2.05, 4.69) is 5.32 Å². The number of hydrogen-bond acceptors (Lipinski definition) is 5. The Bertz CT molecular complexity index is 897. The number of anilines is 2. The summed E-state index contributed by atoms with van der Waals surface area (Å²) in [6.45, 7) is 3.65. The number of nitrogens with zero attached hydrogens (tertiary/aromatic N) is 1. The Morgan fingerprint density at radius 1 is 1.15 bits per heavy atom. The van der Waals surface area contributed by atoms with Crippen molar-refractivity contribution in [2.24, 2.45) is 0 Å². The van der Waals surface area contributed by atoms with Gasteiger partial charge in [-0.25, -0.2) is 4.79 Å². The molecule has 1 heterocycles. The van der Waals surface area contributed by atoms with Crippen molar-refractivity contribution in [3.05, 3.63) is 54.1 Å². The fourth-order valence-electron chi connectivity index (χ4n) is 2.81. The number of benzene rings is 2. The Hall–Kier alpha value is -2.80. The van der Waals surface area contributed by atoms with E-state index in [4.69, 9.17) is 4.74 Å². The maximum absolute atomic E-state index is 12.9. The van der Waals surface area contributed by atoms with Crippen LogP contribution in [-0.4, -0.2) is 36.2 Å². The van der Waals surface area contributed by atoms with Gasteiger partial charge >= 0.3 is 5.97 Å². The molecule has 0 bridgehead atoms. The lowest BCUT2D eigenvalue weighted by Crippen LogP contribution is -2.53. The first-order chi connectivity index (χ1) is 12.9. The van der Waals surface area contributed by atoms with Crippen molar-refractivity contribution < 1.29 is 19.1 Å². The average Bonchev–Trinajstić information content (AvgIpc) is 2.67. The Morgan fingerprint density at radius 2 is 1.81 bits per heavy atom. The molecule has 0 spiro atoms. The van der Waals surface area contributed by atoms with Crippen molar-refractivity contribution in [1.29, 1.82) is 0 Å². The smallest absolute Gasteiger partial charge is 0.338 e. The predicted octanol–water partition coefficient (Wildman–Crippen LogP) is 3.33. The number of fused-ring (bicyclic) bond motifs is 1. The molecule has 0 fully saturated rings. The SMILES string of the molecule is CCOC(=O)c1ccc(NC(=O)C2(C)Sc3ccccc3N(C)C2=O)cc1. The van der Waals surface area contributed by atoms with Crippen molar-refractivity contribution >= 4 is 40.9 Å². The van der Waals surface area contributed by atoms with Crippen LogP contribution in [0.25, 0.3) is 0 Å². The van der Waals surface area contributed by atoms with Crippen LogP contribution in [-0.2, 0) is 14.3 Å². The predicted molar refractivity (Wildman–Crippen MR) is 105 cm³/mol. The topological polar surface area (TPSA) is 75.7 Å². The normalized spacial score (nSPS) is 18.6. The van der Waals surface area contributed by atoms with E-state index in [-0.39, 0.29) is 5.91 Å². The van der Waals surface area contributed by atoms with Crippen LogP contribution in [0.2, 0.25) is 0 Å². The van der Waals surface area contributed by atoms with Gasteiger partial charge in [-0.1, -0.05) is 23.9 Å². The number of carbonyl (C=O) groups is 3. The number of rotatable bonds is 4. The van der Waals surface area contributed by atoms with Crippen LogP contribution < -0.4 is 10.2 Å². The molecule has 2 aromatic carbocycles. The molecule has 1 aliphatic rings. The Labute approximate surface area is 161 Å². The second-order valence-corrected chi connectivity index (χ2v) is 7.68. The molecule has 2 aromatic rings. The van der Waals surface area contributed by atoms with Crippen LogP contribution in [0.3, 0.4) is 0 Å². The molecule has 0 saturated heterocycles. The second kappa shape index (κ2) is 7.44. The summed E-state index contributed by atoms with van der Waals surface area (Å²) < 4.78 is 3.65. The maximum Gasteiger partial charge on any atom is 0.338 e.